The third-order valence-electron chi connectivity index (χ3n) is 8.74. The van der Waals surface area contributed by atoms with Crippen molar-refractivity contribution in [2.75, 3.05) is 23.0 Å². The van der Waals surface area contributed by atoms with Gasteiger partial charge in [-0.05, 0) is 72.4 Å². The van der Waals surface area contributed by atoms with E-state index in [1.165, 1.54) is 103 Å². The van der Waals surface area contributed by atoms with Crippen LogP contribution in [0.4, 0.5) is 0 Å². The van der Waals surface area contributed by atoms with Gasteiger partial charge in [0, 0.05) is 0 Å². The van der Waals surface area contributed by atoms with Gasteiger partial charge in [-0.25, -0.2) is 20.1 Å². The van der Waals surface area contributed by atoms with E-state index in [9.17, 15) is 19.6 Å². The van der Waals surface area contributed by atoms with Gasteiger partial charge in [0.15, 0.2) is 0 Å². The minimum absolute atomic E-state index is 0. The van der Waals surface area contributed by atoms with Crippen LogP contribution in [0, 0.1) is 23.7 Å². The molecule has 0 amide bonds. The summed E-state index contributed by atoms with van der Waals surface area (Å²) in [5.41, 5.74) is -7.22. The summed E-state index contributed by atoms with van der Waals surface area (Å²) in [4.78, 5) is 48.0. The van der Waals surface area contributed by atoms with Crippen molar-refractivity contribution in [3.8, 4) is 0 Å². The summed E-state index contributed by atoms with van der Waals surface area (Å²) in [5.74, 6) is 5.07. The molecule has 0 aromatic heterocycles. The molecule has 284 valence electrons. The average Bonchev–Trinajstić information content (AvgIpc) is 2.97. The maximum absolute atomic E-state index is 12.0. The smallest absolute Gasteiger partial charge is 0.854 e. The van der Waals surface area contributed by atoms with E-state index >= 15 is 0 Å². The predicted octanol–water partition coefficient (Wildman–Crippen LogP) is 9.52. The molecule has 0 spiro atoms. The largest absolute Gasteiger partial charge is 2.00 e. The zero-order valence-electron chi connectivity index (χ0n) is 33.6. The Morgan fingerprint density at radius 1 is 0.388 bits per heavy atom. The molecule has 4 atom stereocenters. The van der Waals surface area contributed by atoms with Crippen LogP contribution in [0.15, 0.2) is 0 Å². The molecule has 0 fully saturated rings. The summed E-state index contributed by atoms with van der Waals surface area (Å²) in [6.45, 7) is 17.7. The Morgan fingerprint density at radius 3 is 0.714 bits per heavy atom. The van der Waals surface area contributed by atoms with E-state index in [0.717, 1.165) is 48.7 Å². The summed E-state index contributed by atoms with van der Waals surface area (Å²) >= 11 is 9.73. The molecule has 13 heteroatoms. The van der Waals surface area contributed by atoms with E-state index in [-0.39, 0.29) is 58.4 Å². The van der Waals surface area contributed by atoms with Crippen molar-refractivity contribution in [3.63, 3.8) is 0 Å². The Balaban J connectivity index is -0.000000248. The normalized spacial score (nSPS) is 15.3. The van der Waals surface area contributed by atoms with E-state index in [2.05, 4.69) is 55.4 Å². The van der Waals surface area contributed by atoms with Crippen LogP contribution in [-0.2, 0) is 103 Å². The monoisotopic (exact) mass is 954 g/mol. The van der Waals surface area contributed by atoms with Crippen LogP contribution in [0.25, 0.3) is 0 Å². The van der Waals surface area contributed by atoms with Gasteiger partial charge < -0.3 is 55.5 Å². The molecule has 0 saturated heterocycles. The molecule has 0 aromatic rings. The van der Waals surface area contributed by atoms with E-state index in [4.69, 9.17) is 24.5 Å². The van der Waals surface area contributed by atoms with Crippen molar-refractivity contribution in [2.24, 2.45) is 23.7 Å². The minimum Gasteiger partial charge on any atom is -0.854 e. The van der Waals surface area contributed by atoms with Crippen molar-refractivity contribution in [1.82, 2.24) is 0 Å². The van der Waals surface area contributed by atoms with Crippen molar-refractivity contribution >= 4 is 56.0 Å². The second kappa shape index (κ2) is 40.2. The van der Waals surface area contributed by atoms with Gasteiger partial charge in [-0.2, -0.15) is 0 Å². The summed E-state index contributed by atoms with van der Waals surface area (Å²) in [5, 5.41) is 0. The SMILES string of the molecule is CCCCCCC(C)CS(CC(C)CCCCCC)=P([O-])([O-])[S-].CCCCCCC(C)CS(CC(C)CCCCCC)=P([O-])([O-])[S-].[Zn+2].[Zn+2].[Zn+2]. The second-order valence-electron chi connectivity index (χ2n) is 14.3. The van der Waals surface area contributed by atoms with E-state index in [1.54, 1.807) is 0 Å². The maximum atomic E-state index is 12.0. The van der Waals surface area contributed by atoms with Crippen molar-refractivity contribution in [1.29, 1.82) is 0 Å². The number of unbranched alkanes of at least 4 members (excludes halogenated alkanes) is 12. The van der Waals surface area contributed by atoms with E-state index in [0.29, 0.717) is 23.7 Å². The fourth-order valence-corrected chi connectivity index (χ4v) is 17.6. The molecular weight excluding hydrogens is 883 g/mol. The molecule has 4 unspecified atom stereocenters. The third-order valence-corrected chi connectivity index (χ3v) is 23.2. The van der Waals surface area contributed by atoms with Crippen LogP contribution >= 0.6 is 11.4 Å². The van der Waals surface area contributed by atoms with E-state index in [1.807, 2.05) is 0 Å². The predicted molar refractivity (Wildman–Crippen MR) is 214 cm³/mol. The molecule has 0 aliphatic heterocycles. The molecule has 0 N–H and O–H groups in total. The van der Waals surface area contributed by atoms with Crippen molar-refractivity contribution in [3.05, 3.63) is 0 Å². The molecule has 0 aliphatic rings. The van der Waals surface area contributed by atoms with Gasteiger partial charge in [0.05, 0.1) is 0 Å². The topological polar surface area (TPSA) is 92.2 Å². The molecule has 0 aliphatic carbocycles. The molecule has 0 bridgehead atoms. The fraction of sp³-hybridized carbons (Fsp3) is 1.00. The zero-order valence-corrected chi connectivity index (χ0v) is 47.5. The Kier molecular flexibility index (Phi) is 51.0. The van der Waals surface area contributed by atoms with Gasteiger partial charge in [0.2, 0.25) is 0 Å². The fourth-order valence-electron chi connectivity index (χ4n) is 5.83. The summed E-state index contributed by atoms with van der Waals surface area (Å²) in [6.07, 6.45) is 24.7. The van der Waals surface area contributed by atoms with Crippen molar-refractivity contribution < 1.29 is 78.0 Å². The second-order valence-corrected chi connectivity index (χ2v) is 29.5. The van der Waals surface area contributed by atoms with Gasteiger partial charge in [-0.3, -0.25) is 0 Å². The van der Waals surface area contributed by atoms with Crippen LogP contribution in [0.5, 0.6) is 0 Å². The van der Waals surface area contributed by atoms with Gasteiger partial charge >= 0.3 is 58.4 Å². The Bertz CT molecular complexity index is 706. The first-order valence-electron chi connectivity index (χ1n) is 19.0. The van der Waals surface area contributed by atoms with Crippen LogP contribution < -0.4 is 19.6 Å². The summed E-state index contributed by atoms with van der Waals surface area (Å²) in [6, 6.07) is 0. The average molecular weight is 959 g/mol. The quantitative estimate of drug-likeness (QED) is 0.0336. The first kappa shape index (κ1) is 62.2. The molecule has 4 nitrogen and oxygen atoms in total. The molecule has 0 rings (SSSR count). The molecular formula is C36H76O4P2S4Zn3. The van der Waals surface area contributed by atoms with Crippen LogP contribution in [0.2, 0.25) is 0 Å². The Labute approximate surface area is 361 Å². The third kappa shape index (κ3) is 41.4. The Hall–Kier alpha value is 3.97. The van der Waals surface area contributed by atoms with E-state index < -0.39 is 31.5 Å². The maximum Gasteiger partial charge on any atom is 2.00 e. The van der Waals surface area contributed by atoms with Crippen molar-refractivity contribution in [2.45, 2.75) is 184 Å². The molecule has 0 radical (unpaired) electrons. The Morgan fingerprint density at radius 2 is 0.571 bits per heavy atom. The number of rotatable bonds is 28. The first-order chi connectivity index (χ1) is 21.6. The molecule has 0 heterocycles. The molecule has 0 saturated carbocycles. The number of hydrogen-bond acceptors (Lipinski definition) is 6. The van der Waals surface area contributed by atoms with Gasteiger partial charge in [-0.1, -0.05) is 158 Å². The van der Waals surface area contributed by atoms with Gasteiger partial charge in [0.1, 0.15) is 0 Å². The first-order valence-corrected chi connectivity index (χ1v) is 28.6. The minimum atomic E-state index is -3.61. The molecule has 49 heavy (non-hydrogen) atoms. The zero-order chi connectivity index (χ0) is 35.4. The number of hydrogen-bond donors (Lipinski definition) is 0. The van der Waals surface area contributed by atoms with Gasteiger partial charge in [-0.15, -0.1) is 0 Å². The van der Waals surface area contributed by atoms with Crippen LogP contribution in [0.3, 0.4) is 0 Å². The van der Waals surface area contributed by atoms with Crippen LogP contribution in [-0.4, -0.2) is 23.0 Å². The van der Waals surface area contributed by atoms with Gasteiger partial charge in [0.25, 0.3) is 0 Å². The summed E-state index contributed by atoms with van der Waals surface area (Å²) < 4.78 is 0. The summed E-state index contributed by atoms with van der Waals surface area (Å²) in [7, 11) is -1.20. The molecule has 0 aromatic carbocycles. The standard InChI is InChI=1S/2C18H38O2PS2.3Zn/c2*1-5-7-9-11-13-17(3)15-23(21(19,20)22)16-18(4)14-12-10-8-6-2;;;/h2*17-18H,5-16H2,1-4H3;;;/q2*-3;3*+2. The van der Waals surface area contributed by atoms with Crippen LogP contribution in [0.1, 0.15) is 184 Å².